The number of thiophene rings is 1. The highest BCUT2D eigenvalue weighted by Gasteiger charge is 2.27. The Morgan fingerprint density at radius 2 is 2.11 bits per heavy atom. The summed E-state index contributed by atoms with van der Waals surface area (Å²) in [6, 6.07) is 5.97. The molecule has 0 atom stereocenters. The molecule has 2 amide bonds. The zero-order valence-corrected chi connectivity index (χ0v) is 16.2. The van der Waals surface area contributed by atoms with Crippen LogP contribution in [0.2, 0.25) is 0 Å². The number of nitrogens with one attached hydrogen (secondary N) is 1. The molecule has 142 valence electrons. The van der Waals surface area contributed by atoms with Gasteiger partial charge in [-0.05, 0) is 61.4 Å². The Labute approximate surface area is 162 Å². The van der Waals surface area contributed by atoms with Gasteiger partial charge in [-0.15, -0.1) is 11.3 Å². The van der Waals surface area contributed by atoms with Gasteiger partial charge in [-0.1, -0.05) is 0 Å². The summed E-state index contributed by atoms with van der Waals surface area (Å²) in [5, 5.41) is 3.54. The van der Waals surface area contributed by atoms with Gasteiger partial charge in [-0.2, -0.15) is 0 Å². The zero-order valence-electron chi connectivity index (χ0n) is 15.3. The Hall–Kier alpha value is -2.54. The average molecular weight is 385 g/mol. The first-order valence-electron chi connectivity index (χ1n) is 9.23. The molecule has 0 saturated heterocycles. The average Bonchev–Trinajstić information content (AvgIpc) is 3.21. The maximum atomic E-state index is 12.7. The second-order valence-corrected chi connectivity index (χ2v) is 8.10. The molecule has 2 heterocycles. The van der Waals surface area contributed by atoms with E-state index in [-0.39, 0.29) is 12.5 Å². The molecule has 2 aliphatic rings. The normalized spacial score (nSPS) is 15.2. The molecule has 1 aliphatic heterocycles. The number of nitrogens with zero attached hydrogens (tertiary/aromatic N) is 1. The van der Waals surface area contributed by atoms with Gasteiger partial charge < -0.3 is 20.7 Å². The number of anilines is 2. The van der Waals surface area contributed by atoms with E-state index >= 15 is 0 Å². The summed E-state index contributed by atoms with van der Waals surface area (Å²) in [7, 11) is 1.66. The molecule has 0 bridgehead atoms. The monoisotopic (exact) mass is 385 g/mol. The third kappa shape index (κ3) is 3.39. The largest absolute Gasteiger partial charge is 0.497 e. The van der Waals surface area contributed by atoms with Crippen LogP contribution in [0, 0.1) is 0 Å². The Kier molecular flexibility index (Phi) is 4.78. The highest BCUT2D eigenvalue weighted by atomic mass is 32.1. The molecular weight excluding hydrogens is 362 g/mol. The van der Waals surface area contributed by atoms with Gasteiger partial charge in [0.25, 0.3) is 5.91 Å². The van der Waals surface area contributed by atoms with Crippen LogP contribution in [0.1, 0.15) is 39.2 Å². The highest BCUT2D eigenvalue weighted by molar-refractivity contribution is 7.17. The number of carbonyl (C=O) groups excluding carboxylic acids is 2. The number of aryl methyl sites for hydroxylation is 2. The van der Waals surface area contributed by atoms with Crippen LogP contribution in [0.5, 0.6) is 5.75 Å². The first kappa shape index (κ1) is 17.9. The number of benzene rings is 1. The zero-order chi connectivity index (χ0) is 19.0. The van der Waals surface area contributed by atoms with Crippen LogP contribution < -0.4 is 20.7 Å². The quantitative estimate of drug-likeness (QED) is 0.829. The van der Waals surface area contributed by atoms with Gasteiger partial charge >= 0.3 is 0 Å². The summed E-state index contributed by atoms with van der Waals surface area (Å²) in [6.07, 6.45) is 4.84. The molecule has 4 rings (SSSR count). The fourth-order valence-corrected chi connectivity index (χ4v) is 5.35. The Morgan fingerprint density at radius 1 is 1.26 bits per heavy atom. The number of rotatable bonds is 5. The number of ether oxygens (including phenoxy) is 1. The summed E-state index contributed by atoms with van der Waals surface area (Å²) in [4.78, 5) is 27.8. The van der Waals surface area contributed by atoms with Gasteiger partial charge in [-0.25, -0.2) is 0 Å². The van der Waals surface area contributed by atoms with Crippen molar-refractivity contribution in [2.45, 2.75) is 32.1 Å². The minimum Gasteiger partial charge on any atom is -0.497 e. The number of amides is 2. The predicted octanol–water partition coefficient (Wildman–Crippen LogP) is 2.74. The lowest BCUT2D eigenvalue weighted by Gasteiger charge is -2.31. The van der Waals surface area contributed by atoms with Gasteiger partial charge in [0, 0.05) is 17.1 Å². The van der Waals surface area contributed by atoms with Crippen molar-refractivity contribution in [3.63, 3.8) is 0 Å². The Morgan fingerprint density at radius 3 is 2.89 bits per heavy atom. The molecule has 6 nitrogen and oxygen atoms in total. The van der Waals surface area contributed by atoms with Crippen LogP contribution in [-0.2, 0) is 24.1 Å². The molecule has 27 heavy (non-hydrogen) atoms. The van der Waals surface area contributed by atoms with Crippen molar-refractivity contribution >= 4 is 33.8 Å². The van der Waals surface area contributed by atoms with Gasteiger partial charge in [0.05, 0.1) is 19.2 Å². The SMILES string of the molecule is COc1ccc2c(c1)CCCN2CC(=O)Nc1sc2c(c1C(N)=O)CCC2. The lowest BCUT2D eigenvalue weighted by Crippen LogP contribution is -2.37. The third-order valence-corrected chi connectivity index (χ3v) is 6.46. The van der Waals surface area contributed by atoms with Crippen molar-refractivity contribution in [2.24, 2.45) is 5.73 Å². The van der Waals surface area contributed by atoms with E-state index in [9.17, 15) is 9.59 Å². The van der Waals surface area contributed by atoms with Crippen molar-refractivity contribution < 1.29 is 14.3 Å². The minimum absolute atomic E-state index is 0.124. The number of hydrogen-bond acceptors (Lipinski definition) is 5. The second-order valence-electron chi connectivity index (χ2n) is 6.99. The number of hydrogen-bond donors (Lipinski definition) is 2. The molecule has 1 aromatic heterocycles. The van der Waals surface area contributed by atoms with E-state index in [2.05, 4.69) is 10.2 Å². The first-order valence-corrected chi connectivity index (χ1v) is 10.0. The molecule has 1 aliphatic carbocycles. The second kappa shape index (κ2) is 7.23. The molecule has 7 heteroatoms. The van der Waals surface area contributed by atoms with E-state index in [0.29, 0.717) is 10.6 Å². The Bertz CT molecular complexity index is 906. The minimum atomic E-state index is -0.458. The van der Waals surface area contributed by atoms with E-state index in [1.807, 2.05) is 18.2 Å². The summed E-state index contributed by atoms with van der Waals surface area (Å²) >= 11 is 1.49. The van der Waals surface area contributed by atoms with Gasteiger partial charge in [-0.3, -0.25) is 9.59 Å². The molecule has 3 N–H and O–H groups in total. The molecule has 2 aromatic rings. The summed E-state index contributed by atoms with van der Waals surface area (Å²) in [5.41, 5.74) is 9.37. The number of carbonyl (C=O) groups is 2. The summed E-state index contributed by atoms with van der Waals surface area (Å²) in [6.45, 7) is 1.08. The lowest BCUT2D eigenvalue weighted by atomic mass is 10.0. The summed E-state index contributed by atoms with van der Waals surface area (Å²) in [5.74, 6) is 0.250. The van der Waals surface area contributed by atoms with Gasteiger partial charge in [0.2, 0.25) is 5.91 Å². The number of fused-ring (bicyclic) bond motifs is 2. The standard InChI is InChI=1S/C20H23N3O3S/c1-26-13-7-8-15-12(10-13)4-3-9-23(15)11-17(24)22-20-18(19(21)25)14-5-2-6-16(14)27-20/h7-8,10H,2-6,9,11H2,1H3,(H2,21,25)(H,22,24). The topological polar surface area (TPSA) is 84.7 Å². The summed E-state index contributed by atoms with van der Waals surface area (Å²) < 4.78 is 5.30. The van der Waals surface area contributed by atoms with Crippen LogP contribution >= 0.6 is 11.3 Å². The fraction of sp³-hybridized carbons (Fsp3) is 0.400. The van der Waals surface area contributed by atoms with Crippen molar-refractivity contribution in [3.8, 4) is 5.75 Å². The third-order valence-electron chi connectivity index (χ3n) is 5.26. The van der Waals surface area contributed by atoms with Gasteiger partial charge in [0.15, 0.2) is 0 Å². The predicted molar refractivity (Wildman–Crippen MR) is 107 cm³/mol. The number of methoxy groups -OCH3 is 1. The van der Waals surface area contributed by atoms with Crippen molar-refractivity contribution in [1.29, 1.82) is 0 Å². The molecule has 0 unspecified atom stereocenters. The van der Waals surface area contributed by atoms with Crippen molar-refractivity contribution in [2.75, 3.05) is 30.4 Å². The van der Waals surface area contributed by atoms with E-state index in [1.54, 1.807) is 7.11 Å². The van der Waals surface area contributed by atoms with Crippen LogP contribution in [0.15, 0.2) is 18.2 Å². The van der Waals surface area contributed by atoms with Crippen molar-refractivity contribution in [3.05, 3.63) is 39.8 Å². The van der Waals surface area contributed by atoms with Crippen LogP contribution in [-0.4, -0.2) is 32.0 Å². The Balaban J connectivity index is 1.51. The maximum absolute atomic E-state index is 12.7. The van der Waals surface area contributed by atoms with Crippen LogP contribution in [0.25, 0.3) is 0 Å². The molecule has 0 spiro atoms. The number of primary amides is 1. The molecule has 1 aromatic carbocycles. The smallest absolute Gasteiger partial charge is 0.251 e. The highest BCUT2D eigenvalue weighted by Crippen LogP contribution is 2.39. The van der Waals surface area contributed by atoms with E-state index in [0.717, 1.165) is 55.6 Å². The molecule has 0 saturated carbocycles. The molecule has 0 radical (unpaired) electrons. The van der Waals surface area contributed by atoms with E-state index < -0.39 is 5.91 Å². The molecule has 0 fully saturated rings. The van der Waals surface area contributed by atoms with Crippen LogP contribution in [0.3, 0.4) is 0 Å². The van der Waals surface area contributed by atoms with Crippen LogP contribution in [0.4, 0.5) is 10.7 Å². The first-order chi connectivity index (χ1) is 13.1. The maximum Gasteiger partial charge on any atom is 0.251 e. The van der Waals surface area contributed by atoms with E-state index in [4.69, 9.17) is 10.5 Å². The van der Waals surface area contributed by atoms with E-state index in [1.165, 1.54) is 21.8 Å². The number of nitrogens with two attached hydrogens (primary N) is 1. The van der Waals surface area contributed by atoms with Gasteiger partial charge in [0.1, 0.15) is 10.8 Å². The van der Waals surface area contributed by atoms with Crippen molar-refractivity contribution in [1.82, 2.24) is 0 Å². The lowest BCUT2D eigenvalue weighted by molar-refractivity contribution is -0.115. The molecular formula is C20H23N3O3S. The fourth-order valence-electron chi connectivity index (χ4n) is 4.04.